The molecule has 0 aliphatic carbocycles. The number of amides is 1. The molecule has 2 aromatic carbocycles. The molecule has 1 aliphatic rings. The Bertz CT molecular complexity index is 2270. The van der Waals surface area contributed by atoms with Gasteiger partial charge in [-0.15, -0.1) is 0 Å². The van der Waals surface area contributed by atoms with E-state index in [-0.39, 0.29) is 182 Å². The molecule has 3 aromatic rings. The van der Waals surface area contributed by atoms with E-state index in [0.717, 1.165) is 30.0 Å². The summed E-state index contributed by atoms with van der Waals surface area (Å²) in [6.45, 7) is -0.613. The summed E-state index contributed by atoms with van der Waals surface area (Å²) >= 11 is 0. The number of aromatic amines is 1. The van der Waals surface area contributed by atoms with Crippen LogP contribution in [0, 0.1) is 0 Å². The number of aliphatic imine (C=N–C) groups is 1. The standard InChI is InChI=1S/C33H40N6O16S2.2K/c1-50-32(42)22-14-23(33(43)51-2)16-25(15-22)35-29-27(31(41)39(37-29)8-6-10-57(47,48)49)17-26-28(36-38(30(26)40)7-5-9-56(44,45)46)34-24-12-20(18-54-52-3)11-21(13-24)19-55-53-4;;/h11-17,34,36H,5-10,18-19H2,1-4H3,(H,35,37)(H,44,45,46)(H,47,48,49);;/q;2*+1/p-2/b27-17-;;. The van der Waals surface area contributed by atoms with Gasteiger partial charge < -0.3 is 23.9 Å². The van der Waals surface area contributed by atoms with Crippen LogP contribution in [0.25, 0.3) is 6.08 Å². The molecule has 1 aromatic heterocycles. The number of ether oxygens (including phenoxy) is 2. The first-order valence-corrected chi connectivity index (χ1v) is 19.7. The van der Waals surface area contributed by atoms with Crippen molar-refractivity contribution >= 4 is 67.2 Å². The summed E-state index contributed by atoms with van der Waals surface area (Å²) in [7, 11) is -4.42. The third-order valence-electron chi connectivity index (χ3n) is 7.81. The summed E-state index contributed by atoms with van der Waals surface area (Å²) < 4.78 is 78.5. The number of amidine groups is 1. The Labute approximate surface area is 423 Å². The van der Waals surface area contributed by atoms with E-state index in [1.54, 1.807) is 18.2 Å². The molecule has 26 heteroatoms. The fourth-order valence-electron chi connectivity index (χ4n) is 5.36. The average molecular weight is 917 g/mol. The van der Waals surface area contributed by atoms with Crippen LogP contribution in [-0.2, 0) is 73.8 Å². The predicted molar refractivity (Wildman–Crippen MR) is 196 cm³/mol. The van der Waals surface area contributed by atoms with Gasteiger partial charge in [-0.3, -0.25) is 29.8 Å². The van der Waals surface area contributed by atoms with Crippen molar-refractivity contribution in [2.24, 2.45) is 4.99 Å². The van der Waals surface area contributed by atoms with Crippen LogP contribution in [0.4, 0.5) is 17.2 Å². The smallest absolute Gasteiger partial charge is 0.748 e. The first-order chi connectivity index (χ1) is 26.9. The molecular weight excluding hydrogens is 879 g/mol. The second-order valence-electron chi connectivity index (χ2n) is 11.9. The van der Waals surface area contributed by atoms with Gasteiger partial charge >= 0.3 is 115 Å². The van der Waals surface area contributed by atoms with E-state index in [0.29, 0.717) is 16.8 Å². The fourth-order valence-corrected chi connectivity index (χ4v) is 6.33. The summed E-state index contributed by atoms with van der Waals surface area (Å²) in [6, 6.07) is 8.69. The SMILES string of the molecule is COOCc1cc(COOC)cc(Nc2[nH]n(CCCS(=O)(=O)[O-])c(=O)c2/C=C2\C(=O)N(CCCS(=O)(=O)[O-])NC2=Nc2cc(C(=O)OC)cc(C(=O)OC)c2)c1.[K+].[K+]. The van der Waals surface area contributed by atoms with Crippen LogP contribution in [0.5, 0.6) is 0 Å². The molecule has 0 atom stereocenters. The van der Waals surface area contributed by atoms with E-state index in [2.05, 4.69) is 20.8 Å². The number of aryl methyl sites for hydroxylation is 1. The van der Waals surface area contributed by atoms with Crippen molar-refractivity contribution in [3.63, 3.8) is 0 Å². The Morgan fingerprint density at radius 1 is 0.797 bits per heavy atom. The summed E-state index contributed by atoms with van der Waals surface area (Å²) in [4.78, 5) is 76.8. The van der Waals surface area contributed by atoms with Crippen molar-refractivity contribution in [1.82, 2.24) is 20.2 Å². The molecule has 0 radical (unpaired) electrons. The molecular formula is C33H38K2N6O16S2. The van der Waals surface area contributed by atoms with Crippen LogP contribution in [0.15, 0.2) is 51.8 Å². The van der Waals surface area contributed by atoms with Crippen LogP contribution in [0.3, 0.4) is 0 Å². The van der Waals surface area contributed by atoms with Crippen molar-refractivity contribution in [3.05, 3.63) is 80.1 Å². The molecule has 1 aliphatic heterocycles. The van der Waals surface area contributed by atoms with Gasteiger partial charge in [0.05, 0.1) is 76.6 Å². The largest absolute Gasteiger partial charge is 1.00 e. The molecule has 4 rings (SSSR count). The molecule has 3 N–H and O–H groups in total. The summed E-state index contributed by atoms with van der Waals surface area (Å²) in [6.07, 6.45) is 0.589. The number of anilines is 2. The summed E-state index contributed by atoms with van der Waals surface area (Å²) in [5.41, 5.74) is 2.69. The minimum Gasteiger partial charge on any atom is -0.748 e. The summed E-state index contributed by atoms with van der Waals surface area (Å²) in [5.74, 6) is -4.36. The van der Waals surface area contributed by atoms with Crippen LogP contribution >= 0.6 is 0 Å². The maximum Gasteiger partial charge on any atom is 1.00 e. The van der Waals surface area contributed by atoms with Crippen LogP contribution in [0.2, 0.25) is 0 Å². The molecule has 0 saturated carbocycles. The zero-order valence-corrected chi connectivity index (χ0v) is 40.8. The van der Waals surface area contributed by atoms with Gasteiger partial charge in [-0.05, 0) is 60.4 Å². The molecule has 1 fully saturated rings. The van der Waals surface area contributed by atoms with Gasteiger partial charge in [-0.25, -0.2) is 51.0 Å². The van der Waals surface area contributed by atoms with Crippen LogP contribution in [0.1, 0.15) is 50.2 Å². The zero-order valence-electron chi connectivity index (χ0n) is 32.9. The average Bonchev–Trinajstić information content (AvgIpc) is 3.60. The van der Waals surface area contributed by atoms with Crippen molar-refractivity contribution < 1.29 is 172 Å². The molecule has 310 valence electrons. The molecule has 1 saturated heterocycles. The fraction of sp³-hybridized carbons (Fsp3) is 0.364. The Kier molecular flexibility index (Phi) is 21.9. The van der Waals surface area contributed by atoms with Crippen molar-refractivity contribution in [2.75, 3.05) is 51.8 Å². The number of rotatable bonds is 20. The summed E-state index contributed by atoms with van der Waals surface area (Å²) in [5, 5.41) is 6.83. The first kappa shape index (κ1) is 52.9. The number of esters is 2. The number of aromatic nitrogens is 2. The van der Waals surface area contributed by atoms with E-state index in [4.69, 9.17) is 29.0 Å². The van der Waals surface area contributed by atoms with E-state index in [1.807, 2.05) is 0 Å². The van der Waals surface area contributed by atoms with Crippen molar-refractivity contribution in [2.45, 2.75) is 32.6 Å². The van der Waals surface area contributed by atoms with Crippen molar-refractivity contribution in [1.29, 1.82) is 0 Å². The monoisotopic (exact) mass is 916 g/mol. The Balaban J connectivity index is 0.00000600. The van der Waals surface area contributed by atoms with Gasteiger partial charge in [-0.2, -0.15) is 0 Å². The normalized spacial score (nSPS) is 14.1. The maximum absolute atomic E-state index is 13.9. The molecule has 2 heterocycles. The molecule has 22 nitrogen and oxygen atoms in total. The zero-order chi connectivity index (χ0) is 41.9. The van der Waals surface area contributed by atoms with Crippen LogP contribution < -0.4 is 119 Å². The Morgan fingerprint density at radius 3 is 1.81 bits per heavy atom. The van der Waals surface area contributed by atoms with Gasteiger partial charge in [0, 0.05) is 30.3 Å². The van der Waals surface area contributed by atoms with Crippen molar-refractivity contribution in [3.8, 4) is 0 Å². The number of benzene rings is 2. The number of nitrogens with zero attached hydrogens (tertiary/aromatic N) is 3. The minimum atomic E-state index is -4.65. The number of hydrazine groups is 1. The van der Waals surface area contributed by atoms with Crippen LogP contribution in [-0.4, -0.2) is 111 Å². The third-order valence-corrected chi connectivity index (χ3v) is 9.39. The second-order valence-corrected chi connectivity index (χ2v) is 15.0. The second kappa shape index (κ2) is 24.4. The molecule has 59 heavy (non-hydrogen) atoms. The number of H-pyrrole nitrogens is 1. The van der Waals surface area contributed by atoms with E-state index in [1.165, 1.54) is 32.4 Å². The first-order valence-electron chi connectivity index (χ1n) is 16.6. The van der Waals surface area contributed by atoms with E-state index in [9.17, 15) is 45.1 Å². The molecule has 0 spiro atoms. The van der Waals surface area contributed by atoms with Gasteiger partial charge in [0.1, 0.15) is 19.0 Å². The van der Waals surface area contributed by atoms with Gasteiger partial charge in [0.2, 0.25) is 0 Å². The number of methoxy groups -OCH3 is 2. The third kappa shape index (κ3) is 16.2. The van der Waals surface area contributed by atoms with Gasteiger partial charge in [0.15, 0.2) is 5.84 Å². The molecule has 0 bridgehead atoms. The number of hydrogen-bond donors (Lipinski definition) is 3. The molecule has 0 unspecified atom stereocenters. The minimum absolute atomic E-state index is 0. The number of carbonyl (C=O) groups excluding carboxylic acids is 3. The van der Waals surface area contributed by atoms with E-state index < -0.39 is 55.1 Å². The predicted octanol–water partition coefficient (Wildman–Crippen LogP) is -5.01. The molecule has 1 amide bonds. The Morgan fingerprint density at radius 2 is 1.32 bits per heavy atom. The number of hydrogen-bond acceptors (Lipinski definition) is 18. The topological polar surface area (TPSA) is 298 Å². The maximum atomic E-state index is 13.9. The van der Waals surface area contributed by atoms with Gasteiger partial charge in [0.25, 0.3) is 11.5 Å². The van der Waals surface area contributed by atoms with E-state index >= 15 is 0 Å². The number of carbonyl (C=O) groups is 3. The quantitative estimate of drug-likeness (QED) is 0.0239. The van der Waals surface area contributed by atoms with Gasteiger partial charge in [-0.1, -0.05) is 6.07 Å². The Hall–Kier alpha value is -2.20. The number of nitrogens with one attached hydrogen (secondary N) is 3.